The van der Waals surface area contributed by atoms with Crippen molar-refractivity contribution >= 4 is 6.72 Å². The number of nitrogens with zero attached hydrogens (tertiary/aromatic N) is 1. The van der Waals surface area contributed by atoms with Crippen LogP contribution in [0.3, 0.4) is 0 Å². The van der Waals surface area contributed by atoms with Crippen molar-refractivity contribution in [2.75, 3.05) is 0 Å². The highest BCUT2D eigenvalue weighted by molar-refractivity contribution is 5.50. The molecule has 15 heavy (non-hydrogen) atoms. The maximum atomic E-state index is 12.5. The summed E-state index contributed by atoms with van der Waals surface area (Å²) >= 11 is 0. The first-order valence-electron chi connectivity index (χ1n) is 4.51. The van der Waals surface area contributed by atoms with Gasteiger partial charge in [-0.15, -0.1) is 0 Å². The summed E-state index contributed by atoms with van der Waals surface area (Å²) < 4.78 is 12.5. The predicted molar refractivity (Wildman–Crippen MR) is 65.6 cm³/mol. The van der Waals surface area contributed by atoms with Gasteiger partial charge < -0.3 is 0 Å². The van der Waals surface area contributed by atoms with E-state index in [0.717, 1.165) is 16.7 Å². The Balaban J connectivity index is 4.93. The van der Waals surface area contributed by atoms with Crippen LogP contribution in [0, 0.1) is 0 Å². The van der Waals surface area contributed by atoms with Crippen molar-refractivity contribution < 1.29 is 4.39 Å². The zero-order valence-electron chi connectivity index (χ0n) is 9.26. The molecule has 0 heterocycles. The first kappa shape index (κ1) is 13.3. The van der Waals surface area contributed by atoms with E-state index < -0.39 is 0 Å². The van der Waals surface area contributed by atoms with Gasteiger partial charge in [0.05, 0.1) is 5.83 Å². The Morgan fingerprint density at radius 3 is 2.27 bits per heavy atom. The molecule has 0 unspecified atom stereocenters. The molecular formula is C13H16FN. The molecule has 0 aromatic carbocycles. The van der Waals surface area contributed by atoms with Crippen LogP contribution in [0.1, 0.15) is 13.8 Å². The van der Waals surface area contributed by atoms with E-state index in [4.69, 9.17) is 0 Å². The Hall–Kier alpha value is -1.70. The van der Waals surface area contributed by atoms with Gasteiger partial charge in [-0.1, -0.05) is 25.3 Å². The third-order valence-corrected chi connectivity index (χ3v) is 1.84. The van der Waals surface area contributed by atoms with E-state index in [1.54, 1.807) is 18.4 Å². The van der Waals surface area contributed by atoms with Crippen molar-refractivity contribution in [3.05, 3.63) is 60.1 Å². The van der Waals surface area contributed by atoms with E-state index in [9.17, 15) is 4.39 Å². The van der Waals surface area contributed by atoms with Gasteiger partial charge in [0.2, 0.25) is 0 Å². The zero-order valence-corrected chi connectivity index (χ0v) is 9.26. The lowest BCUT2D eigenvalue weighted by Gasteiger charge is -2.05. The van der Waals surface area contributed by atoms with Gasteiger partial charge in [0.1, 0.15) is 0 Å². The van der Waals surface area contributed by atoms with Crippen LogP contribution >= 0.6 is 0 Å². The maximum absolute atomic E-state index is 12.5. The number of allylic oxidation sites excluding steroid dienone is 7. The number of halogens is 1. The molecule has 0 spiro atoms. The first-order valence-corrected chi connectivity index (χ1v) is 4.51. The van der Waals surface area contributed by atoms with Crippen molar-refractivity contribution in [2.45, 2.75) is 13.8 Å². The highest BCUT2D eigenvalue weighted by atomic mass is 19.1. The van der Waals surface area contributed by atoms with Gasteiger partial charge in [-0.2, -0.15) is 0 Å². The molecule has 0 bridgehead atoms. The summed E-state index contributed by atoms with van der Waals surface area (Å²) in [6.07, 6.45) is 6.26. The monoisotopic (exact) mass is 205 g/mol. The molecule has 0 aliphatic heterocycles. The number of aliphatic imine (C=N–C) groups is 1. The molecule has 0 rings (SSSR count). The quantitative estimate of drug-likeness (QED) is 0.472. The third kappa shape index (κ3) is 4.91. The average molecular weight is 205 g/mol. The van der Waals surface area contributed by atoms with Gasteiger partial charge in [0, 0.05) is 6.20 Å². The molecule has 0 aliphatic rings. The summed E-state index contributed by atoms with van der Waals surface area (Å²) in [6.45, 7) is 14.1. The first-order chi connectivity index (χ1) is 7.02. The highest BCUT2D eigenvalue weighted by Gasteiger charge is 1.99. The SMILES string of the molecule is C=C/C(=C/N=C)C(=C)/C(C)=C/C=C(\C)F. The highest BCUT2D eigenvalue weighted by Crippen LogP contribution is 2.18. The lowest BCUT2D eigenvalue weighted by Crippen LogP contribution is -1.86. The molecule has 0 N–H and O–H groups in total. The van der Waals surface area contributed by atoms with Gasteiger partial charge in [0.15, 0.2) is 0 Å². The summed E-state index contributed by atoms with van der Waals surface area (Å²) in [4.78, 5) is 3.64. The van der Waals surface area contributed by atoms with Crippen LogP contribution in [-0.4, -0.2) is 6.72 Å². The van der Waals surface area contributed by atoms with Crippen molar-refractivity contribution in [1.29, 1.82) is 0 Å². The molecule has 0 amide bonds. The Labute approximate surface area is 90.7 Å². The molecule has 1 nitrogen and oxygen atoms in total. The molecule has 0 aromatic heterocycles. The lowest BCUT2D eigenvalue weighted by atomic mass is 10.0. The molecule has 0 atom stereocenters. The van der Waals surface area contributed by atoms with Gasteiger partial charge in [0.25, 0.3) is 0 Å². The minimum absolute atomic E-state index is 0.242. The van der Waals surface area contributed by atoms with E-state index in [1.165, 1.54) is 13.0 Å². The van der Waals surface area contributed by atoms with Crippen molar-refractivity contribution in [3.8, 4) is 0 Å². The number of hydrogen-bond donors (Lipinski definition) is 0. The van der Waals surface area contributed by atoms with Crippen LogP contribution in [-0.2, 0) is 0 Å². The fourth-order valence-electron chi connectivity index (χ4n) is 0.920. The smallest absolute Gasteiger partial charge is 0.0968 e. The van der Waals surface area contributed by atoms with Crippen molar-refractivity contribution in [3.63, 3.8) is 0 Å². The number of hydrogen-bond acceptors (Lipinski definition) is 1. The van der Waals surface area contributed by atoms with Crippen molar-refractivity contribution in [1.82, 2.24) is 0 Å². The van der Waals surface area contributed by atoms with E-state index in [0.29, 0.717) is 0 Å². The van der Waals surface area contributed by atoms with E-state index in [1.807, 2.05) is 6.92 Å². The second kappa shape index (κ2) is 6.71. The van der Waals surface area contributed by atoms with Crippen LogP contribution < -0.4 is 0 Å². The summed E-state index contributed by atoms with van der Waals surface area (Å²) in [6, 6.07) is 0. The van der Waals surface area contributed by atoms with E-state index >= 15 is 0 Å². The van der Waals surface area contributed by atoms with Crippen LogP contribution in [0.15, 0.2) is 65.1 Å². The summed E-state index contributed by atoms with van der Waals surface area (Å²) in [5, 5.41) is 0. The normalized spacial score (nSPS) is 13.7. The summed E-state index contributed by atoms with van der Waals surface area (Å²) in [5.74, 6) is -0.242. The molecular weight excluding hydrogens is 189 g/mol. The van der Waals surface area contributed by atoms with Gasteiger partial charge in [-0.25, -0.2) is 4.39 Å². The Morgan fingerprint density at radius 1 is 1.27 bits per heavy atom. The Morgan fingerprint density at radius 2 is 1.87 bits per heavy atom. The fraction of sp³-hybridized carbons (Fsp3) is 0.154. The lowest BCUT2D eigenvalue weighted by molar-refractivity contribution is 0.640. The summed E-state index contributed by atoms with van der Waals surface area (Å²) in [7, 11) is 0. The van der Waals surface area contributed by atoms with Crippen LogP contribution in [0.5, 0.6) is 0 Å². The predicted octanol–water partition coefficient (Wildman–Crippen LogP) is 4.13. The van der Waals surface area contributed by atoms with Gasteiger partial charge in [-0.05, 0) is 43.4 Å². The number of rotatable bonds is 5. The zero-order chi connectivity index (χ0) is 11.8. The van der Waals surface area contributed by atoms with Crippen molar-refractivity contribution in [2.24, 2.45) is 4.99 Å². The molecule has 0 fully saturated rings. The van der Waals surface area contributed by atoms with Gasteiger partial charge in [-0.3, -0.25) is 4.99 Å². The second-order valence-corrected chi connectivity index (χ2v) is 3.05. The van der Waals surface area contributed by atoms with Gasteiger partial charge >= 0.3 is 0 Å². The van der Waals surface area contributed by atoms with Crippen LogP contribution in [0.2, 0.25) is 0 Å². The largest absolute Gasteiger partial charge is 0.272 e. The average Bonchev–Trinajstić information content (AvgIpc) is 2.21. The molecule has 2 heteroatoms. The fourth-order valence-corrected chi connectivity index (χ4v) is 0.920. The Bertz CT molecular complexity index is 353. The van der Waals surface area contributed by atoms with Crippen LogP contribution in [0.4, 0.5) is 4.39 Å². The summed E-state index contributed by atoms with van der Waals surface area (Å²) in [5.41, 5.74) is 2.40. The topological polar surface area (TPSA) is 12.4 Å². The minimum atomic E-state index is -0.242. The molecule has 0 aliphatic carbocycles. The van der Waals surface area contributed by atoms with Crippen LogP contribution in [0.25, 0.3) is 0 Å². The molecule has 0 saturated heterocycles. The minimum Gasteiger partial charge on any atom is -0.272 e. The maximum Gasteiger partial charge on any atom is 0.0968 e. The molecule has 0 aromatic rings. The second-order valence-electron chi connectivity index (χ2n) is 3.05. The molecule has 0 saturated carbocycles. The standard InChI is InChI=1S/C13H16FN/c1-6-13(9-15-5)12(4)10(2)7-8-11(3)14/h6-9H,1,4-5H2,2-3H3/b10-7+,11-8+,13-9-. The Kier molecular flexibility index (Phi) is 5.95. The molecule has 0 radical (unpaired) electrons. The molecule has 80 valence electrons. The third-order valence-electron chi connectivity index (χ3n) is 1.84. The van der Waals surface area contributed by atoms with E-state index in [-0.39, 0.29) is 5.83 Å². The van der Waals surface area contributed by atoms with E-state index in [2.05, 4.69) is 24.9 Å².